The normalized spacial score (nSPS) is 16.3. The first-order valence-electron chi connectivity index (χ1n) is 8.15. The minimum absolute atomic E-state index is 0.0767. The van der Waals surface area contributed by atoms with E-state index in [4.69, 9.17) is 14.2 Å². The maximum absolute atomic E-state index is 12.5. The van der Waals surface area contributed by atoms with Crippen LogP contribution in [0.25, 0.3) is 0 Å². The molecule has 0 radical (unpaired) electrons. The van der Waals surface area contributed by atoms with Crippen molar-refractivity contribution >= 4 is 27.6 Å². The fourth-order valence-electron chi connectivity index (χ4n) is 2.71. The van der Waals surface area contributed by atoms with Gasteiger partial charge in [0.15, 0.2) is 0 Å². The lowest BCUT2D eigenvalue weighted by atomic mass is 10.2. The molecular formula is C18H20BrN3O4. The zero-order valence-electron chi connectivity index (χ0n) is 14.6. The van der Waals surface area contributed by atoms with Gasteiger partial charge in [0.05, 0.1) is 26.5 Å². The van der Waals surface area contributed by atoms with Gasteiger partial charge < -0.3 is 24.4 Å². The number of halogens is 1. The molecule has 2 heterocycles. The van der Waals surface area contributed by atoms with Crippen molar-refractivity contribution in [3.63, 3.8) is 0 Å². The Kier molecular flexibility index (Phi) is 5.82. The standard InChI is InChI=1S/C18H20BrN3O4/c1-24-13-4-5-15(16(9-13)25-2)21-18(23)22-8-7-14(11-22)26-17-6-3-12(19)10-20-17/h3-6,9-10,14H,7-8,11H2,1-2H3,(H,21,23). The molecule has 1 aliphatic rings. The largest absolute Gasteiger partial charge is 0.497 e. The number of likely N-dealkylation sites (tertiary alicyclic amines) is 1. The summed E-state index contributed by atoms with van der Waals surface area (Å²) in [5, 5.41) is 2.88. The predicted molar refractivity (Wildman–Crippen MR) is 101 cm³/mol. The average molecular weight is 422 g/mol. The number of pyridine rings is 1. The third-order valence-corrected chi connectivity index (χ3v) is 4.54. The molecule has 3 rings (SSSR count). The fourth-order valence-corrected chi connectivity index (χ4v) is 2.94. The van der Waals surface area contributed by atoms with Crippen LogP contribution in [-0.2, 0) is 0 Å². The number of carbonyl (C=O) groups is 1. The van der Waals surface area contributed by atoms with E-state index in [1.54, 1.807) is 49.6 Å². The summed E-state index contributed by atoms with van der Waals surface area (Å²) in [6, 6.07) is 8.74. The third kappa shape index (κ3) is 4.37. The Morgan fingerprint density at radius 1 is 1.27 bits per heavy atom. The van der Waals surface area contributed by atoms with E-state index >= 15 is 0 Å². The zero-order chi connectivity index (χ0) is 18.5. The van der Waals surface area contributed by atoms with Gasteiger partial charge in [-0.1, -0.05) is 0 Å². The Morgan fingerprint density at radius 3 is 2.81 bits per heavy atom. The van der Waals surface area contributed by atoms with Crippen LogP contribution in [0, 0.1) is 0 Å². The third-order valence-electron chi connectivity index (χ3n) is 4.07. The molecule has 26 heavy (non-hydrogen) atoms. The molecule has 138 valence electrons. The van der Waals surface area contributed by atoms with Crippen molar-refractivity contribution in [2.45, 2.75) is 12.5 Å². The Bertz CT molecular complexity index is 770. The molecule has 0 saturated carbocycles. The van der Waals surface area contributed by atoms with Crippen molar-refractivity contribution in [3.8, 4) is 17.4 Å². The number of carbonyl (C=O) groups excluding carboxylic acids is 1. The van der Waals surface area contributed by atoms with E-state index in [9.17, 15) is 4.79 Å². The minimum atomic E-state index is -0.191. The van der Waals surface area contributed by atoms with Gasteiger partial charge in [-0.15, -0.1) is 0 Å². The van der Waals surface area contributed by atoms with Crippen LogP contribution >= 0.6 is 15.9 Å². The van der Waals surface area contributed by atoms with Crippen LogP contribution in [-0.4, -0.2) is 49.3 Å². The highest BCUT2D eigenvalue weighted by molar-refractivity contribution is 9.10. The molecular weight excluding hydrogens is 402 g/mol. The summed E-state index contributed by atoms with van der Waals surface area (Å²) in [5.41, 5.74) is 0.595. The number of amides is 2. The molecule has 1 aromatic heterocycles. The second kappa shape index (κ2) is 8.27. The highest BCUT2D eigenvalue weighted by Crippen LogP contribution is 2.29. The van der Waals surface area contributed by atoms with Crippen molar-refractivity contribution < 1.29 is 19.0 Å². The van der Waals surface area contributed by atoms with Gasteiger partial charge in [-0.25, -0.2) is 9.78 Å². The summed E-state index contributed by atoms with van der Waals surface area (Å²) < 4.78 is 17.2. The molecule has 1 N–H and O–H groups in total. The quantitative estimate of drug-likeness (QED) is 0.798. The second-order valence-corrected chi connectivity index (χ2v) is 6.70. The lowest BCUT2D eigenvalue weighted by molar-refractivity contribution is 0.190. The molecule has 1 aliphatic heterocycles. The van der Waals surface area contributed by atoms with E-state index in [0.29, 0.717) is 36.2 Å². The molecule has 0 spiro atoms. The van der Waals surface area contributed by atoms with Crippen LogP contribution in [0.15, 0.2) is 41.0 Å². The maximum atomic E-state index is 12.5. The van der Waals surface area contributed by atoms with Crippen LogP contribution in [0.1, 0.15) is 6.42 Å². The van der Waals surface area contributed by atoms with Crippen LogP contribution < -0.4 is 19.5 Å². The second-order valence-electron chi connectivity index (χ2n) is 5.79. The average Bonchev–Trinajstić information content (AvgIpc) is 3.12. The molecule has 1 aromatic carbocycles. The Balaban J connectivity index is 1.58. The number of ether oxygens (including phenoxy) is 3. The number of nitrogens with one attached hydrogen (secondary N) is 1. The van der Waals surface area contributed by atoms with Crippen molar-refractivity contribution in [1.82, 2.24) is 9.88 Å². The van der Waals surface area contributed by atoms with Crippen LogP contribution in [0.5, 0.6) is 17.4 Å². The van der Waals surface area contributed by atoms with E-state index in [1.807, 2.05) is 6.07 Å². The number of hydrogen-bond acceptors (Lipinski definition) is 5. The SMILES string of the molecule is COc1ccc(NC(=O)N2CCC(Oc3ccc(Br)cn3)C2)c(OC)c1. The number of nitrogens with zero attached hydrogens (tertiary/aromatic N) is 2. The Morgan fingerprint density at radius 2 is 2.12 bits per heavy atom. The van der Waals surface area contributed by atoms with Gasteiger partial charge in [0.25, 0.3) is 0 Å². The van der Waals surface area contributed by atoms with Crippen molar-refractivity contribution in [2.24, 2.45) is 0 Å². The number of benzene rings is 1. The minimum Gasteiger partial charge on any atom is -0.497 e. The lowest BCUT2D eigenvalue weighted by Gasteiger charge is -2.19. The van der Waals surface area contributed by atoms with E-state index in [-0.39, 0.29) is 12.1 Å². The van der Waals surface area contributed by atoms with Gasteiger partial charge in [-0.3, -0.25) is 0 Å². The highest BCUT2D eigenvalue weighted by Gasteiger charge is 2.28. The summed E-state index contributed by atoms with van der Waals surface area (Å²) in [7, 11) is 3.13. The molecule has 8 heteroatoms. The Hall–Kier alpha value is -2.48. The van der Waals surface area contributed by atoms with Crippen molar-refractivity contribution in [1.29, 1.82) is 0 Å². The highest BCUT2D eigenvalue weighted by atomic mass is 79.9. The topological polar surface area (TPSA) is 72.9 Å². The zero-order valence-corrected chi connectivity index (χ0v) is 16.2. The number of hydrogen-bond donors (Lipinski definition) is 1. The maximum Gasteiger partial charge on any atom is 0.322 e. The van der Waals surface area contributed by atoms with Gasteiger partial charge in [-0.2, -0.15) is 0 Å². The molecule has 0 bridgehead atoms. The molecule has 0 aliphatic carbocycles. The monoisotopic (exact) mass is 421 g/mol. The van der Waals surface area contributed by atoms with E-state index in [2.05, 4.69) is 26.2 Å². The van der Waals surface area contributed by atoms with Crippen LogP contribution in [0.2, 0.25) is 0 Å². The number of methoxy groups -OCH3 is 2. The van der Waals surface area contributed by atoms with Crippen molar-refractivity contribution in [2.75, 3.05) is 32.6 Å². The molecule has 1 saturated heterocycles. The van der Waals surface area contributed by atoms with E-state index < -0.39 is 0 Å². The van der Waals surface area contributed by atoms with Crippen molar-refractivity contribution in [3.05, 3.63) is 41.0 Å². The number of rotatable bonds is 5. The predicted octanol–water partition coefficient (Wildman–Crippen LogP) is 3.55. The number of anilines is 1. The molecule has 1 fully saturated rings. The lowest BCUT2D eigenvalue weighted by Crippen LogP contribution is -2.34. The fraction of sp³-hybridized carbons (Fsp3) is 0.333. The van der Waals surface area contributed by atoms with E-state index in [0.717, 1.165) is 10.9 Å². The van der Waals surface area contributed by atoms with Crippen LogP contribution in [0.3, 0.4) is 0 Å². The van der Waals surface area contributed by atoms with Crippen LogP contribution in [0.4, 0.5) is 10.5 Å². The molecule has 2 aromatic rings. The van der Waals surface area contributed by atoms with Gasteiger partial charge >= 0.3 is 6.03 Å². The first kappa shape index (κ1) is 18.3. The molecule has 1 atom stereocenters. The van der Waals surface area contributed by atoms with Gasteiger partial charge in [0, 0.05) is 35.8 Å². The first-order chi connectivity index (χ1) is 12.6. The van der Waals surface area contributed by atoms with Gasteiger partial charge in [-0.05, 0) is 34.1 Å². The number of urea groups is 1. The van der Waals surface area contributed by atoms with E-state index in [1.165, 1.54) is 0 Å². The molecule has 1 unspecified atom stereocenters. The summed E-state index contributed by atoms with van der Waals surface area (Å²) in [5.74, 6) is 1.76. The molecule has 7 nitrogen and oxygen atoms in total. The summed E-state index contributed by atoms with van der Waals surface area (Å²) >= 11 is 3.34. The summed E-state index contributed by atoms with van der Waals surface area (Å²) in [6.07, 6.45) is 2.36. The van der Waals surface area contributed by atoms with Gasteiger partial charge in [0.2, 0.25) is 5.88 Å². The summed E-state index contributed by atoms with van der Waals surface area (Å²) in [6.45, 7) is 1.12. The smallest absolute Gasteiger partial charge is 0.322 e. The molecule has 2 amide bonds. The number of aromatic nitrogens is 1. The first-order valence-corrected chi connectivity index (χ1v) is 8.94. The Labute approximate surface area is 160 Å². The summed E-state index contributed by atoms with van der Waals surface area (Å²) in [4.78, 5) is 18.4. The van der Waals surface area contributed by atoms with Gasteiger partial charge in [0.1, 0.15) is 17.6 Å².